The van der Waals surface area contributed by atoms with E-state index in [1.807, 2.05) is 27.2 Å². The number of aliphatic hydroxyl groups excluding tert-OH is 1. The Morgan fingerprint density at radius 2 is 0.720 bits per heavy atom. The monoisotopic (exact) mass is 1080 g/mol. The number of amides is 1. The smallest absolute Gasteiger partial charge is 0.268 e. The second-order valence-electron chi connectivity index (χ2n) is 24.5. The molecule has 2 N–H and O–H groups in total. The topological polar surface area (TPSA) is 108 Å². The van der Waals surface area contributed by atoms with Gasteiger partial charge in [0.05, 0.1) is 39.9 Å². The van der Waals surface area contributed by atoms with Crippen LogP contribution in [0.15, 0.2) is 12.2 Å². The lowest BCUT2D eigenvalue weighted by molar-refractivity contribution is -0.870. The molecule has 0 saturated heterocycles. The van der Waals surface area contributed by atoms with Crippen molar-refractivity contribution in [1.82, 2.24) is 5.32 Å². The van der Waals surface area contributed by atoms with Crippen LogP contribution in [0.5, 0.6) is 0 Å². The highest BCUT2D eigenvalue weighted by Gasteiger charge is 2.23. The number of carbonyl (C=O) groups excluding carboxylic acids is 1. The molecular formula is C66H133N2O6P. The second kappa shape index (κ2) is 57.9. The maximum Gasteiger partial charge on any atom is 0.268 e. The van der Waals surface area contributed by atoms with Crippen molar-refractivity contribution >= 4 is 13.7 Å². The molecule has 448 valence electrons. The molecule has 0 radical (unpaired) electrons. The molecule has 0 aromatic heterocycles. The van der Waals surface area contributed by atoms with Gasteiger partial charge in [-0.3, -0.25) is 9.36 Å². The van der Waals surface area contributed by atoms with Gasteiger partial charge in [-0.15, -0.1) is 0 Å². The molecule has 8 nitrogen and oxygen atoms in total. The number of phosphoric ester groups is 1. The molecule has 0 rings (SSSR count). The van der Waals surface area contributed by atoms with Gasteiger partial charge in [0.15, 0.2) is 0 Å². The van der Waals surface area contributed by atoms with Gasteiger partial charge in [0.1, 0.15) is 13.2 Å². The Bertz CT molecular complexity index is 1230. The molecule has 0 aliphatic rings. The SMILES string of the molecule is CCCCCCCCCCCCCCCCCCCCCCCC/C=C/C(O)C(COP(=O)([O-])OCC[N+](C)(C)C)NC(=O)CCCCCCCCCCCCCCCCCCCCCCCCCCCCCCC. The zero-order valence-corrected chi connectivity index (χ0v) is 52.2. The van der Waals surface area contributed by atoms with Gasteiger partial charge < -0.3 is 28.8 Å². The summed E-state index contributed by atoms with van der Waals surface area (Å²) in [4.78, 5) is 25.6. The highest BCUT2D eigenvalue weighted by Crippen LogP contribution is 2.38. The summed E-state index contributed by atoms with van der Waals surface area (Å²) in [5, 5.41) is 14.0. The number of hydrogen-bond donors (Lipinski definition) is 2. The van der Waals surface area contributed by atoms with Crippen molar-refractivity contribution in [2.75, 3.05) is 40.9 Å². The third-order valence-electron chi connectivity index (χ3n) is 15.7. The molecule has 9 heteroatoms. The molecule has 0 spiro atoms. The van der Waals surface area contributed by atoms with E-state index in [0.717, 1.165) is 38.5 Å². The summed E-state index contributed by atoms with van der Waals surface area (Å²) >= 11 is 0. The molecule has 0 bridgehead atoms. The van der Waals surface area contributed by atoms with E-state index in [-0.39, 0.29) is 19.1 Å². The summed E-state index contributed by atoms with van der Waals surface area (Å²) in [7, 11) is 1.28. The van der Waals surface area contributed by atoms with E-state index in [9.17, 15) is 19.4 Å². The first kappa shape index (κ1) is 74.2. The Morgan fingerprint density at radius 3 is 1.00 bits per heavy atom. The lowest BCUT2D eigenvalue weighted by atomic mass is 10.0. The van der Waals surface area contributed by atoms with Crippen LogP contribution in [0, 0.1) is 0 Å². The van der Waals surface area contributed by atoms with Crippen LogP contribution in [0.1, 0.15) is 354 Å². The van der Waals surface area contributed by atoms with E-state index >= 15 is 0 Å². The van der Waals surface area contributed by atoms with Gasteiger partial charge in [-0.25, -0.2) is 0 Å². The van der Waals surface area contributed by atoms with E-state index in [4.69, 9.17) is 9.05 Å². The third kappa shape index (κ3) is 60.7. The van der Waals surface area contributed by atoms with Crippen molar-refractivity contribution in [2.45, 2.75) is 366 Å². The number of quaternary nitrogens is 1. The molecule has 0 saturated carbocycles. The average Bonchev–Trinajstić information content (AvgIpc) is 3.37. The quantitative estimate of drug-likeness (QED) is 0.0272. The van der Waals surface area contributed by atoms with Gasteiger partial charge in [0.2, 0.25) is 5.91 Å². The molecule has 3 atom stereocenters. The van der Waals surface area contributed by atoms with Crippen LogP contribution in [0.4, 0.5) is 0 Å². The first-order valence-electron chi connectivity index (χ1n) is 33.6. The fraction of sp³-hybridized carbons (Fsp3) is 0.955. The Kier molecular flexibility index (Phi) is 57.3. The van der Waals surface area contributed by atoms with E-state index in [0.29, 0.717) is 17.4 Å². The minimum Gasteiger partial charge on any atom is -0.756 e. The largest absolute Gasteiger partial charge is 0.756 e. The number of hydrogen-bond acceptors (Lipinski definition) is 6. The van der Waals surface area contributed by atoms with Crippen molar-refractivity contribution in [2.24, 2.45) is 0 Å². The van der Waals surface area contributed by atoms with Crippen molar-refractivity contribution in [3.63, 3.8) is 0 Å². The molecule has 0 aromatic rings. The van der Waals surface area contributed by atoms with Gasteiger partial charge in [-0.05, 0) is 19.3 Å². The standard InChI is InChI=1S/C66H133N2O6P/c1-6-8-10-12-14-16-18-20-22-24-26-28-30-32-33-34-35-36-38-40-42-44-46-48-50-52-54-56-58-60-66(70)67-64(63-74-75(71,72)73-62-61-68(3,4)5)65(69)59-57-55-53-51-49-47-45-43-41-39-37-31-29-27-25-23-21-19-17-15-13-11-9-7-2/h57,59,64-65,69H,6-56,58,60-63H2,1-5H3,(H-,67,70,71,72)/b59-57+. The normalized spacial score (nSPS) is 13.7. The third-order valence-corrected chi connectivity index (χ3v) is 16.7. The summed E-state index contributed by atoms with van der Waals surface area (Å²) in [6.07, 6.45) is 73.2. The van der Waals surface area contributed by atoms with Crippen molar-refractivity contribution in [3.8, 4) is 0 Å². The fourth-order valence-corrected chi connectivity index (χ4v) is 11.2. The van der Waals surface area contributed by atoms with Crippen LogP contribution in [0.3, 0.4) is 0 Å². The highest BCUT2D eigenvalue weighted by atomic mass is 31.2. The first-order chi connectivity index (χ1) is 36.5. The number of unbranched alkanes of at least 4 members (excludes halogenated alkanes) is 50. The Labute approximate surface area is 469 Å². The van der Waals surface area contributed by atoms with Crippen LogP contribution >= 0.6 is 7.82 Å². The van der Waals surface area contributed by atoms with Crippen molar-refractivity contribution < 1.29 is 32.9 Å². The summed E-state index contributed by atoms with van der Waals surface area (Å²) < 4.78 is 23.4. The minimum atomic E-state index is -4.60. The molecular weight excluding hydrogens is 948 g/mol. The van der Waals surface area contributed by atoms with Crippen LogP contribution in [0.25, 0.3) is 0 Å². The van der Waals surface area contributed by atoms with E-state index < -0.39 is 20.0 Å². The number of aliphatic hydroxyl groups is 1. The number of likely N-dealkylation sites (N-methyl/N-ethyl adjacent to an activating group) is 1. The lowest BCUT2D eigenvalue weighted by Crippen LogP contribution is -2.45. The maximum absolute atomic E-state index is 13.0. The number of phosphoric acid groups is 1. The molecule has 0 aliphatic carbocycles. The Morgan fingerprint density at radius 1 is 0.453 bits per heavy atom. The number of allylic oxidation sites excluding steroid dienone is 1. The molecule has 0 aliphatic heterocycles. The van der Waals surface area contributed by atoms with Gasteiger partial charge in [-0.1, -0.05) is 341 Å². The number of nitrogens with zero attached hydrogens (tertiary/aromatic N) is 1. The predicted molar refractivity (Wildman–Crippen MR) is 326 cm³/mol. The number of carbonyl (C=O) groups is 1. The molecule has 0 heterocycles. The molecule has 0 aromatic carbocycles. The average molecular weight is 1080 g/mol. The van der Waals surface area contributed by atoms with Crippen molar-refractivity contribution in [3.05, 3.63) is 12.2 Å². The molecule has 1 amide bonds. The van der Waals surface area contributed by atoms with E-state index in [1.54, 1.807) is 6.08 Å². The molecule has 0 fully saturated rings. The zero-order chi connectivity index (χ0) is 54.9. The summed E-state index contributed by atoms with van der Waals surface area (Å²) in [6.45, 7) is 4.72. The second-order valence-corrected chi connectivity index (χ2v) is 26.0. The zero-order valence-electron chi connectivity index (χ0n) is 51.3. The van der Waals surface area contributed by atoms with Gasteiger partial charge >= 0.3 is 0 Å². The summed E-state index contributed by atoms with van der Waals surface area (Å²) in [5.74, 6) is -0.188. The number of rotatable bonds is 63. The summed E-state index contributed by atoms with van der Waals surface area (Å²) in [5.41, 5.74) is 0. The van der Waals surface area contributed by atoms with Gasteiger partial charge in [0.25, 0.3) is 7.82 Å². The van der Waals surface area contributed by atoms with Crippen LogP contribution < -0.4 is 10.2 Å². The predicted octanol–water partition coefficient (Wildman–Crippen LogP) is 20.3. The van der Waals surface area contributed by atoms with E-state index in [2.05, 4.69) is 19.2 Å². The van der Waals surface area contributed by atoms with Crippen LogP contribution in [0.2, 0.25) is 0 Å². The van der Waals surface area contributed by atoms with Crippen LogP contribution in [-0.4, -0.2) is 68.5 Å². The van der Waals surface area contributed by atoms with Gasteiger partial charge in [0, 0.05) is 6.42 Å². The minimum absolute atomic E-state index is 0.00294. The fourth-order valence-electron chi connectivity index (χ4n) is 10.5. The van der Waals surface area contributed by atoms with Crippen molar-refractivity contribution in [1.29, 1.82) is 0 Å². The van der Waals surface area contributed by atoms with Crippen LogP contribution in [-0.2, 0) is 18.4 Å². The Balaban J connectivity index is 4.05. The number of nitrogens with one attached hydrogen (secondary N) is 1. The molecule has 75 heavy (non-hydrogen) atoms. The maximum atomic E-state index is 13.0. The Hall–Kier alpha value is -0.760. The van der Waals surface area contributed by atoms with Gasteiger partial charge in [-0.2, -0.15) is 0 Å². The van der Waals surface area contributed by atoms with E-state index in [1.165, 1.54) is 295 Å². The summed E-state index contributed by atoms with van der Waals surface area (Å²) in [6, 6.07) is -0.883. The molecule has 3 unspecified atom stereocenters. The lowest BCUT2D eigenvalue weighted by Gasteiger charge is -2.29. The highest BCUT2D eigenvalue weighted by molar-refractivity contribution is 7.45. The first-order valence-corrected chi connectivity index (χ1v) is 35.0.